The minimum absolute atomic E-state index is 0.0151. The van der Waals surface area contributed by atoms with Gasteiger partial charge in [-0.05, 0) is 37.1 Å². The van der Waals surface area contributed by atoms with Crippen LogP contribution in [-0.2, 0) is 4.74 Å². The fourth-order valence-electron chi connectivity index (χ4n) is 3.17. The van der Waals surface area contributed by atoms with Crippen molar-refractivity contribution < 1.29 is 14.3 Å². The first-order valence-corrected chi connectivity index (χ1v) is 8.73. The summed E-state index contributed by atoms with van der Waals surface area (Å²) in [6.07, 6.45) is 2.38. The first kappa shape index (κ1) is 18.2. The third-order valence-electron chi connectivity index (χ3n) is 4.88. The Morgan fingerprint density at radius 3 is 2.88 bits per heavy atom. The van der Waals surface area contributed by atoms with Crippen molar-refractivity contribution in [2.45, 2.75) is 18.9 Å². The molecule has 6 nitrogen and oxygen atoms in total. The zero-order valence-corrected chi connectivity index (χ0v) is 15.5. The Balaban J connectivity index is 1.68. The highest BCUT2D eigenvalue weighted by molar-refractivity contribution is 5.95. The molecule has 1 aromatic carbocycles. The van der Waals surface area contributed by atoms with E-state index in [0.717, 1.165) is 17.7 Å². The lowest BCUT2D eigenvalue weighted by molar-refractivity contribution is -0.0343. The molecule has 0 spiro atoms. The molecule has 0 aliphatic carbocycles. The first-order valence-electron chi connectivity index (χ1n) is 8.73. The molecule has 1 aromatic heterocycles. The van der Waals surface area contributed by atoms with Gasteiger partial charge in [0, 0.05) is 32.5 Å². The number of aryl methyl sites for hydroxylation is 1. The van der Waals surface area contributed by atoms with Crippen LogP contribution in [0, 0.1) is 6.92 Å². The summed E-state index contributed by atoms with van der Waals surface area (Å²) in [5.41, 5.74) is 1.22. The topological polar surface area (TPSA) is 63.7 Å². The second kappa shape index (κ2) is 7.74. The van der Waals surface area contributed by atoms with Crippen molar-refractivity contribution in [2.75, 3.05) is 39.2 Å². The molecule has 2 aromatic rings. The van der Waals surface area contributed by atoms with Gasteiger partial charge < -0.3 is 19.7 Å². The molecule has 0 unspecified atom stereocenters. The first-order chi connectivity index (χ1) is 12.6. The molecule has 1 fully saturated rings. The van der Waals surface area contributed by atoms with Gasteiger partial charge in [0.2, 0.25) is 0 Å². The molecule has 1 N–H and O–H groups in total. The van der Waals surface area contributed by atoms with E-state index in [-0.39, 0.29) is 5.91 Å². The molecule has 0 radical (unpaired) electrons. The number of likely N-dealkylation sites (tertiary alicyclic amines) is 1. The predicted octanol–water partition coefficient (Wildman–Crippen LogP) is 2.74. The zero-order chi connectivity index (χ0) is 18.6. The van der Waals surface area contributed by atoms with Gasteiger partial charge in [-0.3, -0.25) is 4.79 Å². The Kier molecular flexibility index (Phi) is 5.42. The number of pyridine rings is 1. The number of amides is 1. The Morgan fingerprint density at radius 2 is 2.15 bits per heavy atom. The van der Waals surface area contributed by atoms with Crippen LogP contribution in [0.25, 0.3) is 0 Å². The monoisotopic (exact) mass is 355 g/mol. The van der Waals surface area contributed by atoms with E-state index in [1.807, 2.05) is 36.1 Å². The minimum atomic E-state index is -0.489. The minimum Gasteiger partial charge on any atom is -0.490 e. The molecule has 138 valence electrons. The van der Waals surface area contributed by atoms with Gasteiger partial charge in [-0.1, -0.05) is 18.2 Å². The Labute approximate surface area is 154 Å². The number of benzene rings is 1. The summed E-state index contributed by atoms with van der Waals surface area (Å²) in [7, 11) is 3.46. The molecule has 0 bridgehead atoms. The molecule has 3 rings (SSSR count). The Hall–Kier alpha value is -2.60. The van der Waals surface area contributed by atoms with Crippen LogP contribution in [-0.4, -0.2) is 55.2 Å². The van der Waals surface area contributed by atoms with Crippen LogP contribution < -0.4 is 10.1 Å². The molecular weight excluding hydrogens is 330 g/mol. The van der Waals surface area contributed by atoms with Crippen LogP contribution in [0.15, 0.2) is 42.6 Å². The molecule has 0 saturated carbocycles. The number of para-hydroxylation sites is 1. The van der Waals surface area contributed by atoms with Gasteiger partial charge in [0.15, 0.2) is 0 Å². The van der Waals surface area contributed by atoms with E-state index in [9.17, 15) is 4.79 Å². The highest BCUT2D eigenvalue weighted by Crippen LogP contribution is 2.28. The summed E-state index contributed by atoms with van der Waals surface area (Å²) in [5.74, 6) is 1.51. The molecule has 6 heteroatoms. The number of ether oxygens (including phenoxy) is 2. The molecule has 1 aliphatic rings. The third-order valence-corrected chi connectivity index (χ3v) is 4.88. The van der Waals surface area contributed by atoms with E-state index in [1.165, 1.54) is 0 Å². The summed E-state index contributed by atoms with van der Waals surface area (Å²) in [6, 6.07) is 11.4. The van der Waals surface area contributed by atoms with Crippen molar-refractivity contribution in [1.29, 1.82) is 0 Å². The summed E-state index contributed by atoms with van der Waals surface area (Å²) in [4.78, 5) is 18.8. The standard InChI is InChI=1S/C20H25N3O3/c1-15-6-4-5-7-17(15)26-14-20(25-3)9-11-23(13-20)19(24)16-8-10-22-18(12-16)21-2/h4-8,10,12H,9,11,13-14H2,1-3H3,(H,21,22)/t20-/m0/s1. The summed E-state index contributed by atoms with van der Waals surface area (Å²) in [5, 5.41) is 2.96. The third kappa shape index (κ3) is 3.80. The number of anilines is 1. The van der Waals surface area contributed by atoms with Gasteiger partial charge in [-0.2, -0.15) is 0 Å². The molecule has 1 aliphatic heterocycles. The van der Waals surface area contributed by atoms with E-state index in [4.69, 9.17) is 9.47 Å². The lowest BCUT2D eigenvalue weighted by atomic mass is 10.0. The van der Waals surface area contributed by atoms with Crippen molar-refractivity contribution in [3.05, 3.63) is 53.7 Å². The van der Waals surface area contributed by atoms with Crippen LogP contribution in [0.4, 0.5) is 5.82 Å². The van der Waals surface area contributed by atoms with Crippen molar-refractivity contribution in [1.82, 2.24) is 9.88 Å². The maximum Gasteiger partial charge on any atom is 0.254 e. The number of hydrogen-bond acceptors (Lipinski definition) is 5. The van der Waals surface area contributed by atoms with Crippen LogP contribution in [0.3, 0.4) is 0 Å². The molecule has 1 saturated heterocycles. The lowest BCUT2D eigenvalue weighted by Crippen LogP contribution is -2.42. The van der Waals surface area contributed by atoms with E-state index >= 15 is 0 Å². The molecule has 2 heterocycles. The van der Waals surface area contributed by atoms with Crippen LogP contribution in [0.5, 0.6) is 5.75 Å². The highest BCUT2D eigenvalue weighted by atomic mass is 16.5. The van der Waals surface area contributed by atoms with Crippen molar-refractivity contribution in [2.24, 2.45) is 0 Å². The molecule has 26 heavy (non-hydrogen) atoms. The number of aromatic nitrogens is 1. The summed E-state index contributed by atoms with van der Waals surface area (Å²) < 4.78 is 11.8. The number of nitrogens with one attached hydrogen (secondary N) is 1. The van der Waals surface area contributed by atoms with Crippen LogP contribution >= 0.6 is 0 Å². The van der Waals surface area contributed by atoms with Crippen molar-refractivity contribution in [3.8, 4) is 5.75 Å². The predicted molar refractivity (Wildman–Crippen MR) is 101 cm³/mol. The van der Waals surface area contributed by atoms with E-state index in [2.05, 4.69) is 10.3 Å². The normalized spacial score (nSPS) is 19.4. The van der Waals surface area contributed by atoms with Gasteiger partial charge in [-0.25, -0.2) is 4.98 Å². The van der Waals surface area contributed by atoms with Gasteiger partial charge >= 0.3 is 0 Å². The van der Waals surface area contributed by atoms with Gasteiger partial charge in [0.25, 0.3) is 5.91 Å². The largest absolute Gasteiger partial charge is 0.490 e. The van der Waals surface area contributed by atoms with Crippen molar-refractivity contribution in [3.63, 3.8) is 0 Å². The lowest BCUT2D eigenvalue weighted by Gasteiger charge is -2.28. The average molecular weight is 355 g/mol. The second-order valence-corrected chi connectivity index (χ2v) is 6.60. The smallest absolute Gasteiger partial charge is 0.254 e. The SMILES string of the molecule is CNc1cc(C(=O)N2CC[C@](COc3ccccc3C)(OC)C2)ccn1. The van der Waals surface area contributed by atoms with E-state index in [0.29, 0.717) is 31.1 Å². The molecule has 1 amide bonds. The maximum absolute atomic E-state index is 12.8. The van der Waals surface area contributed by atoms with Crippen LogP contribution in [0.1, 0.15) is 22.3 Å². The van der Waals surface area contributed by atoms with Gasteiger partial charge in [-0.15, -0.1) is 0 Å². The number of rotatable bonds is 6. The molecule has 1 atom stereocenters. The van der Waals surface area contributed by atoms with Crippen molar-refractivity contribution >= 4 is 11.7 Å². The summed E-state index contributed by atoms with van der Waals surface area (Å²) in [6.45, 7) is 3.57. The Bertz CT molecular complexity index is 780. The number of carbonyl (C=O) groups is 1. The number of carbonyl (C=O) groups excluding carboxylic acids is 1. The fraction of sp³-hybridized carbons (Fsp3) is 0.400. The highest BCUT2D eigenvalue weighted by Gasteiger charge is 2.41. The van der Waals surface area contributed by atoms with Gasteiger partial charge in [0.05, 0.1) is 6.54 Å². The van der Waals surface area contributed by atoms with Gasteiger partial charge in [0.1, 0.15) is 23.8 Å². The quantitative estimate of drug-likeness (QED) is 0.863. The maximum atomic E-state index is 12.8. The fourth-order valence-corrected chi connectivity index (χ4v) is 3.17. The summed E-state index contributed by atoms with van der Waals surface area (Å²) >= 11 is 0. The number of nitrogens with zero attached hydrogens (tertiary/aromatic N) is 2. The zero-order valence-electron chi connectivity index (χ0n) is 15.5. The van der Waals surface area contributed by atoms with E-state index < -0.39 is 5.60 Å². The van der Waals surface area contributed by atoms with Crippen LogP contribution in [0.2, 0.25) is 0 Å². The number of hydrogen-bond donors (Lipinski definition) is 1. The van der Waals surface area contributed by atoms with E-state index in [1.54, 1.807) is 32.5 Å². The number of methoxy groups -OCH3 is 1. The average Bonchev–Trinajstić information content (AvgIpc) is 3.12. The molecular formula is C20H25N3O3. The Morgan fingerprint density at radius 1 is 1.35 bits per heavy atom. The second-order valence-electron chi connectivity index (χ2n) is 6.60.